The predicted octanol–water partition coefficient (Wildman–Crippen LogP) is 3.14. The lowest BCUT2D eigenvalue weighted by Gasteiger charge is -2.31. The van der Waals surface area contributed by atoms with Gasteiger partial charge in [-0.05, 0) is 38.7 Å². The highest BCUT2D eigenvalue weighted by Crippen LogP contribution is 2.23. The first kappa shape index (κ1) is 17.5. The summed E-state index contributed by atoms with van der Waals surface area (Å²) in [6, 6.07) is 2.58. The van der Waals surface area contributed by atoms with Gasteiger partial charge in [-0.1, -0.05) is 19.3 Å². The van der Waals surface area contributed by atoms with Gasteiger partial charge in [0.05, 0.1) is 24.7 Å². The Balaban J connectivity index is 1.93. The van der Waals surface area contributed by atoms with Crippen molar-refractivity contribution in [3.63, 3.8) is 0 Å². The van der Waals surface area contributed by atoms with Crippen molar-refractivity contribution in [2.24, 2.45) is 0 Å². The fourth-order valence-corrected chi connectivity index (χ4v) is 3.55. The second-order valence-electron chi connectivity index (χ2n) is 6.58. The molecule has 1 aliphatic carbocycles. The number of hydrogen-bond acceptors (Lipinski definition) is 3. The van der Waals surface area contributed by atoms with Gasteiger partial charge < -0.3 is 4.90 Å². The van der Waals surface area contributed by atoms with Crippen LogP contribution in [0.15, 0.2) is 0 Å². The molecule has 0 unspecified atom stereocenters. The van der Waals surface area contributed by atoms with Crippen LogP contribution in [0.2, 0.25) is 0 Å². The number of nitriles is 1. The number of amides is 1. The highest BCUT2D eigenvalue weighted by Gasteiger charge is 2.22. The summed E-state index contributed by atoms with van der Waals surface area (Å²) in [7, 11) is 1.95. The highest BCUT2D eigenvalue weighted by molar-refractivity contribution is 5.76. The molecule has 1 aliphatic rings. The molecule has 23 heavy (non-hydrogen) atoms. The molecule has 0 spiro atoms. The topological polar surface area (TPSA) is 61.9 Å². The molecule has 1 aromatic heterocycles. The first-order valence-electron chi connectivity index (χ1n) is 8.70. The van der Waals surface area contributed by atoms with Crippen LogP contribution in [0.3, 0.4) is 0 Å². The van der Waals surface area contributed by atoms with Crippen molar-refractivity contribution >= 4 is 5.91 Å². The Morgan fingerprint density at radius 2 is 2.04 bits per heavy atom. The Kier molecular flexibility index (Phi) is 6.20. The van der Waals surface area contributed by atoms with E-state index in [2.05, 4.69) is 11.2 Å². The lowest BCUT2D eigenvalue weighted by molar-refractivity contribution is -0.132. The Morgan fingerprint density at radius 1 is 1.35 bits per heavy atom. The number of aryl methyl sites for hydroxylation is 2. The summed E-state index contributed by atoms with van der Waals surface area (Å²) in [5.74, 6) is 0.237. The maximum absolute atomic E-state index is 12.5. The second-order valence-corrected chi connectivity index (χ2v) is 6.58. The fraction of sp³-hybridized carbons (Fsp3) is 0.722. The molecule has 1 heterocycles. The van der Waals surface area contributed by atoms with E-state index >= 15 is 0 Å². The third-order valence-corrected chi connectivity index (χ3v) is 5.07. The molecule has 0 saturated heterocycles. The van der Waals surface area contributed by atoms with Gasteiger partial charge in [-0.25, -0.2) is 0 Å². The smallest absolute Gasteiger partial charge is 0.222 e. The van der Waals surface area contributed by atoms with Gasteiger partial charge in [0.2, 0.25) is 5.91 Å². The number of carbonyl (C=O) groups excluding carboxylic acids is 1. The van der Waals surface area contributed by atoms with Crippen LogP contribution < -0.4 is 0 Å². The molecule has 0 N–H and O–H groups in total. The minimum Gasteiger partial charge on any atom is -0.343 e. The Bertz CT molecular complexity index is 579. The molecule has 1 saturated carbocycles. The summed E-state index contributed by atoms with van der Waals surface area (Å²) in [5, 5.41) is 13.2. The molecule has 0 aromatic carbocycles. The van der Waals surface area contributed by atoms with Crippen molar-refractivity contribution in [1.29, 1.82) is 5.26 Å². The Morgan fingerprint density at radius 3 is 2.70 bits per heavy atom. The molecule has 1 fully saturated rings. The van der Waals surface area contributed by atoms with Gasteiger partial charge in [-0.3, -0.25) is 9.48 Å². The molecule has 1 amide bonds. The summed E-state index contributed by atoms with van der Waals surface area (Å²) in [4.78, 5) is 14.4. The van der Waals surface area contributed by atoms with Crippen molar-refractivity contribution in [3.8, 4) is 6.07 Å². The van der Waals surface area contributed by atoms with Crippen molar-refractivity contribution in [2.75, 3.05) is 7.05 Å². The standard InChI is InChI=1S/C18H28N4O/c1-14-17(15(2)22(20-14)13-7-12-19)10-11-18(23)21(3)16-8-5-4-6-9-16/h16H,4-11,13H2,1-3H3. The van der Waals surface area contributed by atoms with Gasteiger partial charge in [-0.2, -0.15) is 10.4 Å². The monoisotopic (exact) mass is 316 g/mol. The van der Waals surface area contributed by atoms with Crippen molar-refractivity contribution < 1.29 is 4.79 Å². The second kappa shape index (κ2) is 8.14. The van der Waals surface area contributed by atoms with Crippen LogP contribution in [-0.4, -0.2) is 33.7 Å². The molecule has 0 radical (unpaired) electrons. The average Bonchev–Trinajstić information content (AvgIpc) is 2.84. The fourth-order valence-electron chi connectivity index (χ4n) is 3.55. The molecule has 0 aliphatic heterocycles. The van der Waals surface area contributed by atoms with E-state index in [1.54, 1.807) is 0 Å². The summed E-state index contributed by atoms with van der Waals surface area (Å²) in [6.45, 7) is 4.64. The van der Waals surface area contributed by atoms with Gasteiger partial charge in [-0.15, -0.1) is 0 Å². The minimum absolute atomic E-state index is 0.237. The van der Waals surface area contributed by atoms with E-state index in [-0.39, 0.29) is 5.91 Å². The number of hydrogen-bond donors (Lipinski definition) is 0. The molecule has 1 aromatic rings. The van der Waals surface area contributed by atoms with Crippen LogP contribution in [0.25, 0.3) is 0 Å². The lowest BCUT2D eigenvalue weighted by Crippen LogP contribution is -2.38. The van der Waals surface area contributed by atoms with Crippen LogP contribution in [-0.2, 0) is 17.8 Å². The van der Waals surface area contributed by atoms with Gasteiger partial charge >= 0.3 is 0 Å². The Labute approximate surface area is 139 Å². The normalized spacial score (nSPS) is 15.4. The molecule has 2 rings (SSSR count). The predicted molar refractivity (Wildman–Crippen MR) is 89.9 cm³/mol. The molecular formula is C18H28N4O. The van der Waals surface area contributed by atoms with Gasteiger partial charge in [0, 0.05) is 25.2 Å². The number of carbonyl (C=O) groups is 1. The van der Waals surface area contributed by atoms with E-state index in [1.165, 1.54) is 19.3 Å². The van der Waals surface area contributed by atoms with E-state index in [0.29, 0.717) is 25.4 Å². The summed E-state index contributed by atoms with van der Waals surface area (Å²) in [6.07, 6.45) is 7.82. The molecule has 5 nitrogen and oxygen atoms in total. The average molecular weight is 316 g/mol. The molecule has 0 atom stereocenters. The van der Waals surface area contributed by atoms with E-state index in [4.69, 9.17) is 5.26 Å². The van der Waals surface area contributed by atoms with E-state index in [0.717, 1.165) is 36.2 Å². The van der Waals surface area contributed by atoms with Crippen LogP contribution >= 0.6 is 0 Å². The number of rotatable bonds is 6. The zero-order valence-electron chi connectivity index (χ0n) is 14.6. The Hall–Kier alpha value is -1.83. The van der Waals surface area contributed by atoms with Gasteiger partial charge in [0.15, 0.2) is 0 Å². The van der Waals surface area contributed by atoms with E-state index < -0.39 is 0 Å². The molecule has 0 bridgehead atoms. The molecular weight excluding hydrogens is 288 g/mol. The van der Waals surface area contributed by atoms with Crippen LogP contribution in [0.1, 0.15) is 61.9 Å². The van der Waals surface area contributed by atoms with Crippen molar-refractivity contribution in [1.82, 2.24) is 14.7 Å². The zero-order valence-corrected chi connectivity index (χ0v) is 14.6. The SMILES string of the molecule is Cc1nn(CCC#N)c(C)c1CCC(=O)N(C)C1CCCCC1. The summed E-state index contributed by atoms with van der Waals surface area (Å²) >= 11 is 0. The van der Waals surface area contributed by atoms with E-state index in [1.807, 2.05) is 30.5 Å². The van der Waals surface area contributed by atoms with Gasteiger partial charge in [0.1, 0.15) is 0 Å². The molecule has 5 heteroatoms. The lowest BCUT2D eigenvalue weighted by atomic mass is 9.94. The van der Waals surface area contributed by atoms with Crippen molar-refractivity contribution in [2.45, 2.75) is 77.8 Å². The third kappa shape index (κ3) is 4.34. The van der Waals surface area contributed by atoms with Gasteiger partial charge in [0.25, 0.3) is 0 Å². The third-order valence-electron chi connectivity index (χ3n) is 5.07. The quantitative estimate of drug-likeness (QED) is 0.810. The van der Waals surface area contributed by atoms with Crippen LogP contribution in [0.4, 0.5) is 0 Å². The number of aromatic nitrogens is 2. The van der Waals surface area contributed by atoms with Crippen LogP contribution in [0, 0.1) is 25.2 Å². The largest absolute Gasteiger partial charge is 0.343 e. The summed E-state index contributed by atoms with van der Waals surface area (Å²) in [5.41, 5.74) is 3.23. The first-order chi connectivity index (χ1) is 11.0. The first-order valence-corrected chi connectivity index (χ1v) is 8.70. The number of nitrogens with zero attached hydrogens (tertiary/aromatic N) is 4. The maximum atomic E-state index is 12.5. The van der Waals surface area contributed by atoms with Crippen molar-refractivity contribution in [3.05, 3.63) is 17.0 Å². The van der Waals surface area contributed by atoms with E-state index in [9.17, 15) is 4.79 Å². The van der Waals surface area contributed by atoms with Crippen LogP contribution in [0.5, 0.6) is 0 Å². The summed E-state index contributed by atoms with van der Waals surface area (Å²) < 4.78 is 1.89. The highest BCUT2D eigenvalue weighted by atomic mass is 16.2. The zero-order chi connectivity index (χ0) is 16.8. The maximum Gasteiger partial charge on any atom is 0.222 e. The minimum atomic E-state index is 0.237. The molecule has 126 valence electrons.